The molecule has 0 spiro atoms. The zero-order chi connectivity index (χ0) is 13.6. The number of hydrogen-bond acceptors (Lipinski definition) is 6. The first kappa shape index (κ1) is 15.4. The SMILES string of the molecule is CC[C@@H](C=N)C(=O)OC(=O)C(=O)C(C)(C)CO. The predicted molar refractivity (Wildman–Crippen MR) is 59.5 cm³/mol. The van der Waals surface area contributed by atoms with Gasteiger partial charge in [-0.15, -0.1) is 0 Å². The van der Waals surface area contributed by atoms with E-state index in [9.17, 15) is 14.4 Å². The summed E-state index contributed by atoms with van der Waals surface area (Å²) in [6.45, 7) is 3.88. The molecule has 6 nitrogen and oxygen atoms in total. The van der Waals surface area contributed by atoms with Gasteiger partial charge in [-0.1, -0.05) is 20.8 Å². The number of ether oxygens (including phenoxy) is 1. The third-order valence-electron chi connectivity index (χ3n) is 2.33. The van der Waals surface area contributed by atoms with E-state index in [1.165, 1.54) is 13.8 Å². The maximum atomic E-state index is 11.5. The summed E-state index contributed by atoms with van der Waals surface area (Å²) in [6.07, 6.45) is 1.17. The predicted octanol–water partition coefficient (Wildman–Crippen LogP) is 0.320. The second kappa shape index (κ2) is 6.24. The van der Waals surface area contributed by atoms with Crippen LogP contribution in [0.3, 0.4) is 0 Å². The summed E-state index contributed by atoms with van der Waals surface area (Å²) in [4.78, 5) is 34.1. The lowest BCUT2D eigenvalue weighted by Gasteiger charge is -2.18. The van der Waals surface area contributed by atoms with Crippen molar-refractivity contribution in [2.24, 2.45) is 11.3 Å². The Morgan fingerprint density at radius 2 is 1.94 bits per heavy atom. The van der Waals surface area contributed by atoms with Gasteiger partial charge < -0.3 is 15.3 Å². The van der Waals surface area contributed by atoms with Crippen LogP contribution in [0.5, 0.6) is 0 Å². The van der Waals surface area contributed by atoms with Gasteiger partial charge in [-0.25, -0.2) is 4.79 Å². The average Bonchev–Trinajstić information content (AvgIpc) is 2.29. The Morgan fingerprint density at radius 3 is 2.29 bits per heavy atom. The van der Waals surface area contributed by atoms with Crippen LogP contribution in [0.15, 0.2) is 0 Å². The molecule has 1 atom stereocenters. The van der Waals surface area contributed by atoms with E-state index in [0.29, 0.717) is 6.42 Å². The van der Waals surface area contributed by atoms with Crippen LogP contribution in [0, 0.1) is 16.7 Å². The monoisotopic (exact) mass is 243 g/mol. The van der Waals surface area contributed by atoms with E-state index in [1.807, 2.05) is 0 Å². The van der Waals surface area contributed by atoms with Crippen molar-refractivity contribution in [1.82, 2.24) is 0 Å². The van der Waals surface area contributed by atoms with E-state index < -0.39 is 35.7 Å². The van der Waals surface area contributed by atoms with Crippen LogP contribution in [0.25, 0.3) is 0 Å². The number of carbonyl (C=O) groups is 3. The molecule has 6 heteroatoms. The first-order valence-electron chi connectivity index (χ1n) is 5.22. The highest BCUT2D eigenvalue weighted by Crippen LogP contribution is 2.16. The lowest BCUT2D eigenvalue weighted by molar-refractivity contribution is -0.168. The fourth-order valence-electron chi connectivity index (χ4n) is 0.914. The summed E-state index contributed by atoms with van der Waals surface area (Å²) in [5.74, 6) is -4.01. The number of nitrogens with one attached hydrogen (secondary N) is 1. The highest BCUT2D eigenvalue weighted by Gasteiger charge is 2.35. The smallest absolute Gasteiger partial charge is 0.382 e. The topological polar surface area (TPSA) is 105 Å². The number of Topliss-reactive ketones (excluding diaryl/α,β-unsaturated/α-hetero) is 1. The molecule has 0 heterocycles. The number of aliphatic hydroxyl groups excluding tert-OH is 1. The van der Waals surface area contributed by atoms with Crippen molar-refractivity contribution in [3.63, 3.8) is 0 Å². The molecule has 96 valence electrons. The molecule has 0 saturated carbocycles. The third kappa shape index (κ3) is 4.07. The largest absolute Gasteiger partial charge is 0.395 e. The molecule has 0 fully saturated rings. The van der Waals surface area contributed by atoms with Crippen LogP contribution >= 0.6 is 0 Å². The molecule has 0 radical (unpaired) electrons. The van der Waals surface area contributed by atoms with Gasteiger partial charge in [0.1, 0.15) is 0 Å². The number of aliphatic hydroxyl groups is 1. The minimum atomic E-state index is -1.30. The van der Waals surface area contributed by atoms with Crippen molar-refractivity contribution in [3.05, 3.63) is 0 Å². The van der Waals surface area contributed by atoms with E-state index in [1.54, 1.807) is 6.92 Å². The Hall–Kier alpha value is -1.56. The quantitative estimate of drug-likeness (QED) is 0.302. The number of carbonyl (C=O) groups excluding carboxylic acids is 3. The standard InChI is InChI=1S/C11H17NO5/c1-4-7(5-12)9(15)17-10(16)8(14)11(2,3)6-13/h5,7,12-13H,4,6H2,1-3H3/t7-/m0/s1. The molecule has 0 rings (SSSR count). The number of rotatable bonds is 6. The van der Waals surface area contributed by atoms with Gasteiger partial charge in [-0.3, -0.25) is 9.59 Å². The summed E-state index contributed by atoms with van der Waals surface area (Å²) in [6, 6.07) is 0. The molecular weight excluding hydrogens is 226 g/mol. The van der Waals surface area contributed by atoms with Crippen LogP contribution in [-0.2, 0) is 19.1 Å². The minimum Gasteiger partial charge on any atom is -0.395 e. The fourth-order valence-corrected chi connectivity index (χ4v) is 0.914. The second-order valence-corrected chi connectivity index (χ2v) is 4.26. The van der Waals surface area contributed by atoms with Gasteiger partial charge in [-0.05, 0) is 6.42 Å². The van der Waals surface area contributed by atoms with Gasteiger partial charge in [0.15, 0.2) is 0 Å². The lowest BCUT2D eigenvalue weighted by atomic mass is 9.89. The first-order valence-corrected chi connectivity index (χ1v) is 5.22. The van der Waals surface area contributed by atoms with Gasteiger partial charge in [0, 0.05) is 6.21 Å². The molecule has 0 aromatic carbocycles. The van der Waals surface area contributed by atoms with Crippen molar-refractivity contribution in [2.75, 3.05) is 6.61 Å². The molecule has 0 bridgehead atoms. The molecule has 0 aliphatic heterocycles. The molecule has 0 aliphatic carbocycles. The normalized spacial score (nSPS) is 12.7. The third-order valence-corrected chi connectivity index (χ3v) is 2.33. The van der Waals surface area contributed by atoms with Crippen LogP contribution in [-0.4, -0.2) is 35.6 Å². The summed E-state index contributed by atoms with van der Waals surface area (Å²) < 4.78 is 4.35. The van der Waals surface area contributed by atoms with Gasteiger partial charge in [0.2, 0.25) is 5.78 Å². The summed E-state index contributed by atoms with van der Waals surface area (Å²) in [5, 5.41) is 15.8. The van der Waals surface area contributed by atoms with E-state index in [0.717, 1.165) is 6.21 Å². The Kier molecular flexibility index (Phi) is 5.67. The summed E-state index contributed by atoms with van der Waals surface area (Å²) in [7, 11) is 0. The molecule has 0 aromatic rings. The zero-order valence-corrected chi connectivity index (χ0v) is 10.1. The maximum Gasteiger partial charge on any atom is 0.382 e. The van der Waals surface area contributed by atoms with E-state index in [-0.39, 0.29) is 0 Å². The van der Waals surface area contributed by atoms with E-state index in [2.05, 4.69) is 4.74 Å². The lowest BCUT2D eigenvalue weighted by Crippen LogP contribution is -2.37. The van der Waals surface area contributed by atoms with Gasteiger partial charge in [0.05, 0.1) is 17.9 Å². The number of ketones is 1. The molecule has 0 aliphatic rings. The Bertz CT molecular complexity index is 335. The molecule has 0 unspecified atom stereocenters. The molecule has 17 heavy (non-hydrogen) atoms. The highest BCUT2D eigenvalue weighted by atomic mass is 16.6. The highest BCUT2D eigenvalue weighted by molar-refractivity contribution is 6.37. The molecule has 0 amide bonds. The van der Waals surface area contributed by atoms with Crippen molar-refractivity contribution in [2.45, 2.75) is 27.2 Å². The zero-order valence-electron chi connectivity index (χ0n) is 10.1. The molecular formula is C11H17NO5. The molecule has 0 aromatic heterocycles. The van der Waals surface area contributed by atoms with Crippen molar-refractivity contribution in [1.29, 1.82) is 5.41 Å². The minimum absolute atomic E-state index is 0.313. The van der Waals surface area contributed by atoms with Crippen molar-refractivity contribution >= 4 is 23.9 Å². The van der Waals surface area contributed by atoms with Crippen LogP contribution in [0.4, 0.5) is 0 Å². The van der Waals surface area contributed by atoms with E-state index >= 15 is 0 Å². The number of hydrogen-bond donors (Lipinski definition) is 2. The first-order chi connectivity index (χ1) is 7.80. The maximum absolute atomic E-state index is 11.5. The van der Waals surface area contributed by atoms with Crippen LogP contribution in [0.2, 0.25) is 0 Å². The Balaban J connectivity index is 4.61. The van der Waals surface area contributed by atoms with Crippen LogP contribution in [0.1, 0.15) is 27.2 Å². The van der Waals surface area contributed by atoms with Gasteiger partial charge >= 0.3 is 11.9 Å². The summed E-state index contributed by atoms with van der Waals surface area (Å²) >= 11 is 0. The van der Waals surface area contributed by atoms with Gasteiger partial charge in [0.25, 0.3) is 0 Å². The second-order valence-electron chi connectivity index (χ2n) is 4.26. The van der Waals surface area contributed by atoms with E-state index in [4.69, 9.17) is 10.5 Å². The van der Waals surface area contributed by atoms with Crippen molar-refractivity contribution in [3.8, 4) is 0 Å². The summed E-state index contributed by atoms with van der Waals surface area (Å²) in [5.41, 5.74) is -1.27. The number of esters is 2. The molecule has 2 N–H and O–H groups in total. The molecule has 0 saturated heterocycles. The average molecular weight is 243 g/mol. The van der Waals surface area contributed by atoms with Crippen molar-refractivity contribution < 1.29 is 24.2 Å². The fraction of sp³-hybridized carbons (Fsp3) is 0.636. The Morgan fingerprint density at radius 1 is 1.41 bits per heavy atom. The van der Waals surface area contributed by atoms with Crippen LogP contribution < -0.4 is 0 Å². The van der Waals surface area contributed by atoms with Gasteiger partial charge in [-0.2, -0.15) is 0 Å². The Labute approximate surface area is 99.5 Å².